The third-order valence-corrected chi connectivity index (χ3v) is 3.31. The monoisotopic (exact) mass is 326 g/mol. The van der Waals surface area contributed by atoms with Gasteiger partial charge >= 0.3 is 5.97 Å². The summed E-state index contributed by atoms with van der Waals surface area (Å²) in [5.74, 6) is -0.845. The van der Waals surface area contributed by atoms with Crippen molar-refractivity contribution in [1.82, 2.24) is 24.8 Å². The number of anilines is 1. The van der Waals surface area contributed by atoms with Gasteiger partial charge in [-0.15, -0.1) is 5.10 Å². The van der Waals surface area contributed by atoms with Crippen molar-refractivity contribution >= 4 is 17.6 Å². The first kappa shape index (κ1) is 15.4. The average molecular weight is 326 g/mol. The van der Waals surface area contributed by atoms with Gasteiger partial charge in [-0.05, 0) is 24.3 Å². The summed E-state index contributed by atoms with van der Waals surface area (Å²) in [6.07, 6.45) is 3.00. The van der Waals surface area contributed by atoms with E-state index in [-0.39, 0.29) is 11.6 Å². The number of esters is 1. The molecule has 3 rings (SSSR count). The Labute approximate surface area is 136 Å². The number of carbonyl (C=O) groups excluding carboxylic acids is 2. The summed E-state index contributed by atoms with van der Waals surface area (Å²) in [4.78, 5) is 23.6. The summed E-state index contributed by atoms with van der Waals surface area (Å²) in [6.45, 7) is 0. The summed E-state index contributed by atoms with van der Waals surface area (Å²) in [6, 6.07) is 8.61. The third kappa shape index (κ3) is 3.00. The number of methoxy groups -OCH3 is 1. The van der Waals surface area contributed by atoms with Gasteiger partial charge in [-0.3, -0.25) is 9.48 Å². The first-order valence-electron chi connectivity index (χ1n) is 6.99. The van der Waals surface area contributed by atoms with E-state index in [0.717, 1.165) is 0 Å². The largest absolute Gasteiger partial charge is 0.464 e. The molecule has 3 aromatic rings. The van der Waals surface area contributed by atoms with E-state index in [4.69, 9.17) is 0 Å². The van der Waals surface area contributed by atoms with Crippen LogP contribution in [0, 0.1) is 0 Å². The Balaban J connectivity index is 1.82. The molecule has 24 heavy (non-hydrogen) atoms. The van der Waals surface area contributed by atoms with E-state index in [2.05, 4.69) is 25.5 Å². The molecule has 1 N–H and O–H groups in total. The quantitative estimate of drug-likeness (QED) is 0.718. The zero-order valence-electron chi connectivity index (χ0n) is 13.0. The molecule has 2 aromatic heterocycles. The normalized spacial score (nSPS) is 10.4. The highest BCUT2D eigenvalue weighted by Crippen LogP contribution is 2.15. The average Bonchev–Trinajstić information content (AvgIpc) is 3.23. The van der Waals surface area contributed by atoms with E-state index in [1.807, 2.05) is 0 Å². The number of rotatable bonds is 4. The minimum Gasteiger partial charge on any atom is -0.464 e. The summed E-state index contributed by atoms with van der Waals surface area (Å²) in [5, 5.41) is 14.4. The molecule has 0 aliphatic carbocycles. The number of benzene rings is 1. The molecule has 0 spiro atoms. The van der Waals surface area contributed by atoms with Crippen LogP contribution in [0.1, 0.15) is 21.0 Å². The number of nitrogens with zero attached hydrogens (tertiary/aromatic N) is 5. The lowest BCUT2D eigenvalue weighted by Crippen LogP contribution is -2.16. The summed E-state index contributed by atoms with van der Waals surface area (Å²) in [7, 11) is 2.96. The number of nitrogens with one attached hydrogen (secondary N) is 1. The highest BCUT2D eigenvalue weighted by Gasteiger charge is 2.13. The van der Waals surface area contributed by atoms with E-state index < -0.39 is 5.97 Å². The molecule has 1 aromatic carbocycles. The molecule has 9 heteroatoms. The van der Waals surface area contributed by atoms with E-state index >= 15 is 0 Å². The topological polar surface area (TPSA) is 104 Å². The predicted octanol–water partition coefficient (Wildman–Crippen LogP) is 1.04. The Hall–Kier alpha value is -3.49. The number of hydrogen-bond donors (Lipinski definition) is 1. The minimum atomic E-state index is -0.568. The van der Waals surface area contributed by atoms with Gasteiger partial charge in [-0.2, -0.15) is 5.10 Å². The lowest BCUT2D eigenvalue weighted by molar-refractivity contribution is 0.0593. The molecule has 2 heterocycles. The van der Waals surface area contributed by atoms with E-state index in [0.29, 0.717) is 17.1 Å². The maximum atomic E-state index is 12.2. The van der Waals surface area contributed by atoms with Crippen molar-refractivity contribution in [2.45, 2.75) is 0 Å². The molecule has 0 atom stereocenters. The van der Waals surface area contributed by atoms with Crippen LogP contribution in [-0.2, 0) is 11.8 Å². The maximum Gasteiger partial charge on any atom is 0.360 e. The van der Waals surface area contributed by atoms with Crippen molar-refractivity contribution in [3.63, 3.8) is 0 Å². The number of aromatic nitrogens is 5. The molecule has 0 saturated heterocycles. The van der Waals surface area contributed by atoms with Crippen LogP contribution in [0.2, 0.25) is 0 Å². The van der Waals surface area contributed by atoms with Crippen LogP contribution < -0.4 is 5.32 Å². The number of hydrogen-bond acceptors (Lipinski definition) is 6. The van der Waals surface area contributed by atoms with Crippen LogP contribution in [0.4, 0.5) is 5.69 Å². The van der Waals surface area contributed by atoms with Crippen molar-refractivity contribution in [2.24, 2.45) is 7.05 Å². The molecule has 0 aliphatic rings. The Kier molecular flexibility index (Phi) is 4.06. The van der Waals surface area contributed by atoms with Gasteiger partial charge in [0.15, 0.2) is 5.69 Å². The Morgan fingerprint density at radius 2 is 2.08 bits per heavy atom. The second kappa shape index (κ2) is 6.32. The first-order chi connectivity index (χ1) is 11.6. The molecular formula is C15H14N6O3. The third-order valence-electron chi connectivity index (χ3n) is 3.31. The van der Waals surface area contributed by atoms with E-state index in [9.17, 15) is 9.59 Å². The smallest absolute Gasteiger partial charge is 0.360 e. The minimum absolute atomic E-state index is 0.0989. The Morgan fingerprint density at radius 3 is 2.79 bits per heavy atom. The van der Waals surface area contributed by atoms with Gasteiger partial charge in [0.05, 0.1) is 19.0 Å². The van der Waals surface area contributed by atoms with E-state index in [1.165, 1.54) is 22.7 Å². The van der Waals surface area contributed by atoms with Crippen molar-refractivity contribution in [1.29, 1.82) is 0 Å². The zero-order valence-corrected chi connectivity index (χ0v) is 13.0. The van der Waals surface area contributed by atoms with Crippen LogP contribution in [0.25, 0.3) is 5.69 Å². The number of carbonyl (C=O) groups is 2. The summed E-state index contributed by atoms with van der Waals surface area (Å²) >= 11 is 0. The van der Waals surface area contributed by atoms with Crippen LogP contribution >= 0.6 is 0 Å². The Bertz CT molecular complexity index is 898. The lowest BCUT2D eigenvalue weighted by Gasteiger charge is -2.07. The molecule has 0 radical (unpaired) electrons. The zero-order chi connectivity index (χ0) is 17.1. The van der Waals surface area contributed by atoms with Gasteiger partial charge in [-0.25, -0.2) is 9.48 Å². The molecule has 0 unspecified atom stereocenters. The summed E-state index contributed by atoms with van der Waals surface area (Å²) in [5.41, 5.74) is 1.75. The van der Waals surface area contributed by atoms with Gasteiger partial charge in [0.1, 0.15) is 5.69 Å². The molecule has 1 amide bonds. The molecule has 0 aliphatic heterocycles. The number of amides is 1. The van der Waals surface area contributed by atoms with Gasteiger partial charge in [0.2, 0.25) is 0 Å². The maximum absolute atomic E-state index is 12.2. The molecule has 0 saturated carbocycles. The molecular weight excluding hydrogens is 312 g/mol. The second-order valence-electron chi connectivity index (χ2n) is 4.88. The lowest BCUT2D eigenvalue weighted by atomic mass is 10.2. The second-order valence-corrected chi connectivity index (χ2v) is 4.88. The van der Waals surface area contributed by atoms with Crippen LogP contribution in [0.3, 0.4) is 0 Å². The van der Waals surface area contributed by atoms with Crippen molar-refractivity contribution < 1.29 is 14.3 Å². The number of ether oxygens (including phenoxy) is 1. The van der Waals surface area contributed by atoms with Crippen molar-refractivity contribution in [2.75, 3.05) is 12.4 Å². The number of aryl methyl sites for hydroxylation is 1. The van der Waals surface area contributed by atoms with Crippen molar-refractivity contribution in [3.8, 4) is 5.69 Å². The SMILES string of the molecule is COC(=O)c1cn(-c2cccc(NC(=O)c3ccnn3C)c2)nn1. The van der Waals surface area contributed by atoms with Crippen LogP contribution in [0.5, 0.6) is 0 Å². The van der Waals surface area contributed by atoms with Crippen LogP contribution in [-0.4, -0.2) is 43.8 Å². The highest BCUT2D eigenvalue weighted by atomic mass is 16.5. The van der Waals surface area contributed by atoms with Gasteiger partial charge in [0, 0.05) is 18.9 Å². The van der Waals surface area contributed by atoms with E-state index in [1.54, 1.807) is 43.6 Å². The van der Waals surface area contributed by atoms with Crippen LogP contribution in [0.15, 0.2) is 42.7 Å². The highest BCUT2D eigenvalue weighted by molar-refractivity contribution is 6.03. The standard InChI is InChI=1S/C15H14N6O3/c1-20-13(6-7-16-20)14(22)17-10-4-3-5-11(8-10)21-9-12(18-19-21)15(23)24-2/h3-9H,1-2H3,(H,17,22). The predicted molar refractivity (Wildman–Crippen MR) is 83.9 cm³/mol. The summed E-state index contributed by atoms with van der Waals surface area (Å²) < 4.78 is 7.50. The Morgan fingerprint density at radius 1 is 1.25 bits per heavy atom. The molecule has 9 nitrogen and oxygen atoms in total. The fourth-order valence-corrected chi connectivity index (χ4v) is 2.11. The van der Waals surface area contributed by atoms with Gasteiger partial charge in [-0.1, -0.05) is 11.3 Å². The van der Waals surface area contributed by atoms with Crippen molar-refractivity contribution in [3.05, 3.63) is 54.1 Å². The first-order valence-corrected chi connectivity index (χ1v) is 6.99. The fourth-order valence-electron chi connectivity index (χ4n) is 2.11. The molecule has 122 valence electrons. The molecule has 0 fully saturated rings. The van der Waals surface area contributed by atoms with Gasteiger partial charge < -0.3 is 10.1 Å². The van der Waals surface area contributed by atoms with Gasteiger partial charge in [0.25, 0.3) is 5.91 Å². The molecule has 0 bridgehead atoms. The fraction of sp³-hybridized carbons (Fsp3) is 0.133.